The van der Waals surface area contributed by atoms with Gasteiger partial charge >= 0.3 is 5.97 Å². The number of benzene rings is 1. The lowest BCUT2D eigenvalue weighted by Crippen LogP contribution is -2.26. The van der Waals surface area contributed by atoms with Crippen LogP contribution in [0.2, 0.25) is 5.02 Å². The van der Waals surface area contributed by atoms with Crippen LogP contribution in [0, 0.1) is 0 Å². The van der Waals surface area contributed by atoms with E-state index in [1.807, 2.05) is 0 Å². The van der Waals surface area contributed by atoms with Gasteiger partial charge in [0.1, 0.15) is 11.0 Å². The Labute approximate surface area is 145 Å². The monoisotopic (exact) mass is 369 g/mol. The number of hydrogen-bond donors (Lipinski definition) is 2. The predicted molar refractivity (Wildman–Crippen MR) is 88.5 cm³/mol. The number of carboxylic acid groups (broad SMARTS) is 1. The van der Waals surface area contributed by atoms with E-state index in [1.54, 1.807) is 12.1 Å². The number of carbonyl (C=O) groups is 2. The molecule has 1 amide bonds. The number of nitrogens with zero attached hydrogens (tertiary/aromatic N) is 2. The lowest BCUT2D eigenvalue weighted by Gasteiger charge is -2.19. The maximum absolute atomic E-state index is 11.6. The number of hydrogen-bond acceptors (Lipinski definition) is 7. The number of amides is 1. The zero-order valence-corrected chi connectivity index (χ0v) is 13.8. The molecule has 2 aliphatic heterocycles. The molecule has 0 aromatic heterocycles. The molecule has 2 heterocycles. The fourth-order valence-electron chi connectivity index (χ4n) is 2.19. The second-order valence-corrected chi connectivity index (χ2v) is 6.57. The van der Waals surface area contributed by atoms with Gasteiger partial charge in [0, 0.05) is 16.1 Å². The van der Waals surface area contributed by atoms with Gasteiger partial charge in [0.05, 0.1) is 19.2 Å². The third-order valence-corrected chi connectivity index (χ3v) is 4.48. The average Bonchev–Trinajstić information content (AvgIpc) is 2.86. The second-order valence-electron chi connectivity index (χ2n) is 4.94. The van der Waals surface area contributed by atoms with E-state index >= 15 is 0 Å². The molecule has 1 unspecified atom stereocenters. The number of thioether (sulfide) groups is 1. The fourth-order valence-corrected chi connectivity index (χ4v) is 3.36. The molecule has 0 saturated carbocycles. The summed E-state index contributed by atoms with van der Waals surface area (Å²) in [6, 6.07) is 3.44. The molecule has 1 aromatic rings. The van der Waals surface area contributed by atoms with Crippen molar-refractivity contribution in [1.29, 1.82) is 0 Å². The number of carboxylic acids is 1. The molecule has 0 aliphatic carbocycles. The third kappa shape index (κ3) is 3.86. The molecular weight excluding hydrogens is 358 g/mol. The molecule has 126 valence electrons. The largest absolute Gasteiger partial charge is 0.481 e. The van der Waals surface area contributed by atoms with Crippen molar-refractivity contribution in [3.8, 4) is 5.75 Å². The van der Waals surface area contributed by atoms with Gasteiger partial charge in [0.2, 0.25) is 5.91 Å². The normalized spacial score (nSPS) is 21.6. The van der Waals surface area contributed by atoms with E-state index in [0.29, 0.717) is 22.9 Å². The van der Waals surface area contributed by atoms with Crippen LogP contribution < -0.4 is 10.1 Å². The molecule has 0 radical (unpaired) electrons. The maximum atomic E-state index is 11.6. The molecule has 2 aliphatic rings. The van der Waals surface area contributed by atoms with Gasteiger partial charge in [-0.1, -0.05) is 23.4 Å². The highest BCUT2D eigenvalue weighted by molar-refractivity contribution is 8.15. The van der Waals surface area contributed by atoms with Gasteiger partial charge in [-0.2, -0.15) is 5.10 Å². The Kier molecular flexibility index (Phi) is 5.03. The number of amidine groups is 1. The topological polar surface area (TPSA) is 110 Å². The van der Waals surface area contributed by atoms with Gasteiger partial charge in [-0.25, -0.2) is 0 Å². The number of carbonyl (C=O) groups excluding carboxylic acids is 1. The summed E-state index contributed by atoms with van der Waals surface area (Å²) in [5.41, 5.74) is 1.45. The first-order valence-electron chi connectivity index (χ1n) is 6.86. The van der Waals surface area contributed by atoms with E-state index in [9.17, 15) is 9.59 Å². The molecule has 1 aromatic carbocycles. The van der Waals surface area contributed by atoms with Crippen molar-refractivity contribution in [1.82, 2.24) is 5.32 Å². The summed E-state index contributed by atoms with van der Waals surface area (Å²) in [5.74, 6) is -0.809. The van der Waals surface area contributed by atoms with E-state index < -0.39 is 17.1 Å². The first-order chi connectivity index (χ1) is 11.5. The Morgan fingerprint density at radius 1 is 1.54 bits per heavy atom. The standard InChI is InChI=1S/C14H12ClN3O5S/c15-9-1-7(12-8(2-9)5-22-6-23-12)4-16-18-14-17-13(21)10(24-14)3-11(19)20/h1-2,4,10H,3,5-6H2,(H,19,20)(H,17,18,21). The van der Waals surface area contributed by atoms with Gasteiger partial charge in [-0.05, 0) is 12.1 Å². The van der Waals surface area contributed by atoms with Crippen molar-refractivity contribution in [2.75, 3.05) is 6.79 Å². The fraction of sp³-hybridized carbons (Fsp3) is 0.286. The molecule has 10 heteroatoms. The van der Waals surface area contributed by atoms with Gasteiger partial charge in [0.25, 0.3) is 0 Å². The minimum Gasteiger partial charge on any atom is -0.481 e. The summed E-state index contributed by atoms with van der Waals surface area (Å²) in [6.07, 6.45) is 1.19. The molecule has 3 rings (SSSR count). The van der Waals surface area contributed by atoms with Crippen molar-refractivity contribution < 1.29 is 24.2 Å². The molecule has 24 heavy (non-hydrogen) atoms. The SMILES string of the molecule is O=C(O)CC1SC(=NN=Cc2cc(Cl)cc3c2OCOC3)NC1=O. The highest BCUT2D eigenvalue weighted by atomic mass is 35.5. The number of ether oxygens (including phenoxy) is 2. The molecule has 0 bridgehead atoms. The van der Waals surface area contributed by atoms with Crippen LogP contribution >= 0.6 is 23.4 Å². The number of rotatable bonds is 4. The van der Waals surface area contributed by atoms with Crippen molar-refractivity contribution in [3.05, 3.63) is 28.3 Å². The lowest BCUT2D eigenvalue weighted by molar-refractivity contribution is -0.138. The molecule has 1 fully saturated rings. The summed E-state index contributed by atoms with van der Waals surface area (Å²) in [7, 11) is 0. The van der Waals surface area contributed by atoms with Crippen molar-refractivity contribution >= 4 is 46.6 Å². The van der Waals surface area contributed by atoms with E-state index in [0.717, 1.165) is 17.3 Å². The van der Waals surface area contributed by atoms with Crippen molar-refractivity contribution in [2.45, 2.75) is 18.3 Å². The summed E-state index contributed by atoms with van der Waals surface area (Å²) in [4.78, 5) is 22.3. The van der Waals surface area contributed by atoms with E-state index in [4.69, 9.17) is 26.2 Å². The van der Waals surface area contributed by atoms with Crippen LogP contribution in [0.25, 0.3) is 0 Å². The molecule has 0 spiro atoms. The smallest absolute Gasteiger partial charge is 0.305 e. The Hall–Kier alpha value is -2.10. The zero-order chi connectivity index (χ0) is 17.1. The van der Waals surface area contributed by atoms with E-state index in [-0.39, 0.29) is 18.4 Å². The maximum Gasteiger partial charge on any atom is 0.305 e. The van der Waals surface area contributed by atoms with Crippen LogP contribution in [0.3, 0.4) is 0 Å². The summed E-state index contributed by atoms with van der Waals surface area (Å²) in [6.45, 7) is 0.542. The van der Waals surface area contributed by atoms with Crippen LogP contribution in [-0.2, 0) is 20.9 Å². The van der Waals surface area contributed by atoms with Crippen molar-refractivity contribution in [3.63, 3.8) is 0 Å². The molecule has 8 nitrogen and oxygen atoms in total. The Balaban J connectivity index is 1.74. The van der Waals surface area contributed by atoms with E-state index in [2.05, 4.69) is 15.5 Å². The van der Waals surface area contributed by atoms with Gasteiger partial charge < -0.3 is 19.9 Å². The highest BCUT2D eigenvalue weighted by Crippen LogP contribution is 2.30. The first-order valence-corrected chi connectivity index (χ1v) is 8.12. The Bertz CT molecular complexity index is 752. The second kappa shape index (κ2) is 7.20. The predicted octanol–water partition coefficient (Wildman–Crippen LogP) is 1.60. The van der Waals surface area contributed by atoms with Crippen molar-refractivity contribution in [2.24, 2.45) is 10.2 Å². The van der Waals surface area contributed by atoms with Gasteiger partial charge in [-0.15, -0.1) is 5.10 Å². The minimum atomic E-state index is -1.04. The van der Waals surface area contributed by atoms with Crippen LogP contribution in [0.4, 0.5) is 0 Å². The zero-order valence-electron chi connectivity index (χ0n) is 12.2. The number of aliphatic carboxylic acids is 1. The third-order valence-electron chi connectivity index (χ3n) is 3.19. The number of nitrogens with one attached hydrogen (secondary N) is 1. The molecule has 2 N–H and O–H groups in total. The van der Waals surface area contributed by atoms with E-state index in [1.165, 1.54) is 6.21 Å². The molecule has 1 saturated heterocycles. The summed E-state index contributed by atoms with van der Waals surface area (Å²) in [5, 5.41) is 19.1. The first kappa shape index (κ1) is 16.7. The Morgan fingerprint density at radius 2 is 2.38 bits per heavy atom. The number of halogens is 1. The summed E-state index contributed by atoms with van der Waals surface area (Å²) >= 11 is 7.08. The Morgan fingerprint density at radius 3 is 3.17 bits per heavy atom. The van der Waals surface area contributed by atoms with Crippen LogP contribution in [-0.4, -0.2) is 40.4 Å². The van der Waals surface area contributed by atoms with Gasteiger partial charge in [0.15, 0.2) is 12.0 Å². The molecule has 1 atom stereocenters. The number of fused-ring (bicyclic) bond motifs is 1. The quantitative estimate of drug-likeness (QED) is 0.616. The average molecular weight is 370 g/mol. The molecular formula is C14H12ClN3O5S. The lowest BCUT2D eigenvalue weighted by atomic mass is 10.1. The van der Waals surface area contributed by atoms with Crippen LogP contribution in [0.1, 0.15) is 17.5 Å². The highest BCUT2D eigenvalue weighted by Gasteiger charge is 2.32. The summed E-state index contributed by atoms with van der Waals surface area (Å²) < 4.78 is 10.6. The minimum absolute atomic E-state index is 0.146. The van der Waals surface area contributed by atoms with Crippen LogP contribution in [0.15, 0.2) is 22.3 Å². The van der Waals surface area contributed by atoms with Gasteiger partial charge in [-0.3, -0.25) is 9.59 Å². The van der Waals surface area contributed by atoms with Crippen LogP contribution in [0.5, 0.6) is 5.75 Å².